The van der Waals surface area contributed by atoms with Crippen molar-refractivity contribution in [3.63, 3.8) is 0 Å². The number of para-hydroxylation sites is 1. The lowest BCUT2D eigenvalue weighted by atomic mass is 10.2. The number of aliphatic imine (C=N–C) groups is 1. The maximum atomic E-state index is 12.2. The topological polar surface area (TPSA) is 74.7 Å². The molecule has 0 aliphatic carbocycles. The van der Waals surface area contributed by atoms with Crippen LogP contribution in [-0.4, -0.2) is 60.9 Å². The number of sulfone groups is 1. The molecule has 1 N–H and O–H groups in total. The van der Waals surface area contributed by atoms with Gasteiger partial charge in [-0.3, -0.25) is 4.99 Å². The summed E-state index contributed by atoms with van der Waals surface area (Å²) in [5.74, 6) is 0.987. The van der Waals surface area contributed by atoms with E-state index >= 15 is 0 Å². The Bertz CT molecular complexity index is 886. The van der Waals surface area contributed by atoms with Crippen molar-refractivity contribution in [2.45, 2.75) is 38.4 Å². The van der Waals surface area contributed by atoms with E-state index in [4.69, 9.17) is 4.99 Å². The molecule has 1 aliphatic heterocycles. The van der Waals surface area contributed by atoms with E-state index in [0.717, 1.165) is 35.9 Å². The van der Waals surface area contributed by atoms with Gasteiger partial charge in [0.15, 0.2) is 15.8 Å². The summed E-state index contributed by atoms with van der Waals surface area (Å²) in [4.78, 5) is 11.5. The highest BCUT2D eigenvalue weighted by molar-refractivity contribution is 7.92. The van der Waals surface area contributed by atoms with Gasteiger partial charge in [-0.05, 0) is 39.3 Å². The first-order valence-electron chi connectivity index (χ1n) is 9.42. The molecule has 27 heavy (non-hydrogen) atoms. The number of benzene rings is 1. The van der Waals surface area contributed by atoms with Crippen molar-refractivity contribution in [2.75, 3.05) is 31.9 Å². The van der Waals surface area contributed by atoms with Crippen molar-refractivity contribution >= 4 is 37.4 Å². The average molecular weight is 409 g/mol. The highest BCUT2D eigenvalue weighted by Crippen LogP contribution is 2.24. The molecule has 0 atom stereocenters. The van der Waals surface area contributed by atoms with Gasteiger partial charge in [0.25, 0.3) is 0 Å². The van der Waals surface area contributed by atoms with Crippen LogP contribution in [0.4, 0.5) is 0 Å². The predicted octanol–water partition coefficient (Wildman–Crippen LogP) is 2.70. The molecule has 1 aromatic carbocycles. The molecule has 1 aromatic heterocycles. The van der Waals surface area contributed by atoms with Gasteiger partial charge < -0.3 is 10.2 Å². The molecule has 0 radical (unpaired) electrons. The predicted molar refractivity (Wildman–Crippen MR) is 113 cm³/mol. The molecular weight excluding hydrogens is 380 g/mol. The zero-order valence-electron chi connectivity index (χ0n) is 16.2. The maximum Gasteiger partial charge on any atom is 0.193 e. The fraction of sp³-hybridized carbons (Fsp3) is 0.579. The van der Waals surface area contributed by atoms with Crippen LogP contribution in [0.5, 0.6) is 0 Å². The Balaban J connectivity index is 1.60. The zero-order chi connectivity index (χ0) is 19.5. The van der Waals surface area contributed by atoms with E-state index in [0.29, 0.717) is 19.6 Å². The van der Waals surface area contributed by atoms with Crippen LogP contribution < -0.4 is 5.32 Å². The van der Waals surface area contributed by atoms with Gasteiger partial charge in [0.2, 0.25) is 0 Å². The second-order valence-corrected chi connectivity index (χ2v) is 11.3. The van der Waals surface area contributed by atoms with Crippen LogP contribution in [0.2, 0.25) is 0 Å². The molecule has 0 unspecified atom stereocenters. The van der Waals surface area contributed by atoms with Crippen LogP contribution in [0, 0.1) is 0 Å². The van der Waals surface area contributed by atoms with E-state index in [1.54, 1.807) is 25.2 Å². The lowest BCUT2D eigenvalue weighted by molar-refractivity contribution is 0.353. The van der Waals surface area contributed by atoms with Crippen LogP contribution in [0.15, 0.2) is 29.3 Å². The van der Waals surface area contributed by atoms with Crippen LogP contribution in [0.1, 0.15) is 32.2 Å². The van der Waals surface area contributed by atoms with Crippen molar-refractivity contribution in [3.05, 3.63) is 29.3 Å². The molecule has 148 valence electrons. The molecule has 3 rings (SSSR count). The summed E-state index contributed by atoms with van der Waals surface area (Å²) in [6.45, 7) is 8.05. The number of fused-ring (bicyclic) bond motifs is 1. The minimum absolute atomic E-state index is 0.177. The smallest absolute Gasteiger partial charge is 0.193 e. The second kappa shape index (κ2) is 8.14. The molecule has 1 saturated heterocycles. The standard InChI is InChI=1S/C19H28N4O2S2/c1-4-20-18(23-12-13-27(24,25)19(2,3)14-23)21-11-7-10-17-22-15-8-5-6-9-16(15)26-17/h5-6,8-9H,4,7,10-14H2,1-3H3,(H,20,21). The second-order valence-electron chi connectivity index (χ2n) is 7.41. The Labute approximate surface area is 165 Å². The third kappa shape index (κ3) is 4.60. The Morgan fingerprint density at radius 2 is 2.15 bits per heavy atom. The minimum atomic E-state index is -3.05. The fourth-order valence-corrected chi connectivity index (χ4v) is 5.57. The third-order valence-electron chi connectivity index (χ3n) is 4.83. The molecule has 0 spiro atoms. The van der Waals surface area contributed by atoms with Crippen LogP contribution in [0.3, 0.4) is 0 Å². The van der Waals surface area contributed by atoms with Crippen LogP contribution >= 0.6 is 11.3 Å². The van der Waals surface area contributed by atoms with Gasteiger partial charge in [0.1, 0.15) is 0 Å². The number of aromatic nitrogens is 1. The number of nitrogens with zero attached hydrogens (tertiary/aromatic N) is 3. The Morgan fingerprint density at radius 3 is 2.85 bits per heavy atom. The molecule has 6 nitrogen and oxygen atoms in total. The number of aryl methyl sites for hydroxylation is 1. The number of nitrogens with one attached hydrogen (secondary N) is 1. The maximum absolute atomic E-state index is 12.2. The molecule has 2 heterocycles. The molecular formula is C19H28N4O2S2. The Morgan fingerprint density at radius 1 is 1.37 bits per heavy atom. The summed E-state index contributed by atoms with van der Waals surface area (Å²) in [6, 6.07) is 8.20. The summed E-state index contributed by atoms with van der Waals surface area (Å²) < 4.78 is 24.9. The van der Waals surface area contributed by atoms with Crippen LogP contribution in [0.25, 0.3) is 10.2 Å². The number of hydrogen-bond donors (Lipinski definition) is 1. The Hall–Kier alpha value is -1.67. The van der Waals surface area contributed by atoms with Gasteiger partial charge in [-0.15, -0.1) is 11.3 Å². The quantitative estimate of drug-likeness (QED) is 0.468. The van der Waals surface area contributed by atoms with Gasteiger partial charge in [-0.2, -0.15) is 0 Å². The van der Waals surface area contributed by atoms with E-state index in [-0.39, 0.29) is 5.75 Å². The van der Waals surface area contributed by atoms with Crippen LogP contribution in [-0.2, 0) is 16.3 Å². The number of guanidine groups is 1. The number of hydrogen-bond acceptors (Lipinski definition) is 5. The average Bonchev–Trinajstić information content (AvgIpc) is 3.03. The summed E-state index contributed by atoms with van der Waals surface area (Å²) in [5.41, 5.74) is 1.06. The van der Waals surface area contributed by atoms with E-state index in [1.165, 1.54) is 4.70 Å². The van der Waals surface area contributed by atoms with Gasteiger partial charge in [0, 0.05) is 32.6 Å². The van der Waals surface area contributed by atoms with E-state index in [2.05, 4.69) is 21.3 Å². The molecule has 1 fully saturated rings. The number of thiazole rings is 1. The first-order chi connectivity index (χ1) is 12.8. The van der Waals surface area contributed by atoms with Gasteiger partial charge in [-0.1, -0.05) is 12.1 Å². The summed E-state index contributed by atoms with van der Waals surface area (Å²) in [5, 5.41) is 4.45. The van der Waals surface area contributed by atoms with Gasteiger partial charge >= 0.3 is 0 Å². The molecule has 1 aliphatic rings. The van der Waals surface area contributed by atoms with Crippen molar-refractivity contribution < 1.29 is 8.42 Å². The van der Waals surface area contributed by atoms with Gasteiger partial charge in [-0.25, -0.2) is 13.4 Å². The highest BCUT2D eigenvalue weighted by Gasteiger charge is 2.40. The Kier molecular flexibility index (Phi) is 6.05. The van der Waals surface area contributed by atoms with Crippen molar-refractivity contribution in [1.29, 1.82) is 0 Å². The first-order valence-corrected chi connectivity index (χ1v) is 11.9. The minimum Gasteiger partial charge on any atom is -0.357 e. The van der Waals surface area contributed by atoms with Crippen molar-refractivity contribution in [2.24, 2.45) is 4.99 Å². The van der Waals surface area contributed by atoms with Gasteiger partial charge in [0.05, 0.1) is 25.7 Å². The SMILES string of the molecule is CCNC(=NCCCc1nc2ccccc2s1)N1CCS(=O)(=O)C(C)(C)C1. The highest BCUT2D eigenvalue weighted by atomic mass is 32.2. The lowest BCUT2D eigenvalue weighted by Crippen LogP contribution is -2.57. The molecule has 0 amide bonds. The molecule has 0 bridgehead atoms. The van der Waals surface area contributed by atoms with Crippen molar-refractivity contribution in [3.8, 4) is 0 Å². The van der Waals surface area contributed by atoms with E-state index < -0.39 is 14.6 Å². The third-order valence-corrected chi connectivity index (χ3v) is 8.46. The summed E-state index contributed by atoms with van der Waals surface area (Å²) in [6.07, 6.45) is 1.83. The summed E-state index contributed by atoms with van der Waals surface area (Å²) in [7, 11) is -3.05. The molecule has 2 aromatic rings. The molecule has 0 saturated carbocycles. The van der Waals surface area contributed by atoms with E-state index in [9.17, 15) is 8.42 Å². The fourth-order valence-electron chi connectivity index (χ4n) is 3.19. The normalized spacial score (nSPS) is 19.4. The van der Waals surface area contributed by atoms with Crippen molar-refractivity contribution in [1.82, 2.24) is 15.2 Å². The zero-order valence-corrected chi connectivity index (χ0v) is 17.9. The first kappa shape index (κ1) is 20.1. The largest absolute Gasteiger partial charge is 0.357 e. The number of rotatable bonds is 5. The lowest BCUT2D eigenvalue weighted by Gasteiger charge is -2.39. The summed E-state index contributed by atoms with van der Waals surface area (Å²) >= 11 is 1.74. The molecule has 8 heteroatoms. The monoisotopic (exact) mass is 408 g/mol. The van der Waals surface area contributed by atoms with E-state index in [1.807, 2.05) is 25.1 Å².